The van der Waals surface area contributed by atoms with Crippen LogP contribution >= 0.6 is 33.9 Å². The Bertz CT molecular complexity index is 203. The van der Waals surface area contributed by atoms with E-state index in [0.717, 1.165) is 0 Å². The Labute approximate surface area is 73.4 Å². The van der Waals surface area contributed by atoms with Gasteiger partial charge in [-0.1, -0.05) is 0 Å². The number of halogens is 1. The third kappa shape index (κ3) is 1.29. The van der Waals surface area contributed by atoms with Crippen LogP contribution in [0.1, 0.15) is 16.0 Å². The number of hydrogen-bond donors (Lipinski definition) is 0. The first-order chi connectivity index (χ1) is 4.13. The lowest BCUT2D eigenvalue weighted by Crippen LogP contribution is -1.73. The van der Waals surface area contributed by atoms with Crippen molar-refractivity contribution >= 4 is 33.9 Å². The molecule has 0 amide bonds. The van der Waals surface area contributed by atoms with Gasteiger partial charge < -0.3 is 0 Å². The van der Waals surface area contributed by atoms with Crippen LogP contribution in [-0.2, 0) is 0 Å². The molecule has 9 heavy (non-hydrogen) atoms. The highest BCUT2D eigenvalue weighted by Gasteiger charge is 2.03. The molecule has 0 unspecified atom stereocenters. The standard InChI is InChI=1S/C7H9IS/c1-4-5(2)7(8)9-6(4)3/h1-3H3. The Balaban J connectivity index is 3.29. The zero-order valence-corrected chi connectivity index (χ0v) is 8.76. The van der Waals surface area contributed by atoms with Crippen LogP contribution in [-0.4, -0.2) is 0 Å². The van der Waals surface area contributed by atoms with Crippen molar-refractivity contribution in [2.75, 3.05) is 0 Å². The molecular weight excluding hydrogens is 243 g/mol. The Morgan fingerprint density at radius 1 is 1.11 bits per heavy atom. The van der Waals surface area contributed by atoms with Gasteiger partial charge in [0.2, 0.25) is 0 Å². The molecule has 1 rings (SSSR count). The minimum absolute atomic E-state index is 1.43. The molecule has 1 aromatic rings. The Hall–Kier alpha value is 0.430. The van der Waals surface area contributed by atoms with Crippen LogP contribution in [0.3, 0.4) is 0 Å². The van der Waals surface area contributed by atoms with E-state index in [-0.39, 0.29) is 0 Å². The van der Waals surface area contributed by atoms with Crippen molar-refractivity contribution in [2.24, 2.45) is 0 Å². The summed E-state index contributed by atoms with van der Waals surface area (Å²) in [4.78, 5) is 1.46. The molecule has 0 radical (unpaired) electrons. The maximum absolute atomic E-state index is 2.39. The van der Waals surface area contributed by atoms with Crippen molar-refractivity contribution in [1.82, 2.24) is 0 Å². The van der Waals surface area contributed by atoms with Gasteiger partial charge in [-0.2, -0.15) is 0 Å². The Morgan fingerprint density at radius 3 is 1.78 bits per heavy atom. The van der Waals surface area contributed by atoms with E-state index in [1.165, 1.54) is 18.9 Å². The topological polar surface area (TPSA) is 0 Å². The normalized spacial score (nSPS) is 10.2. The largest absolute Gasteiger partial charge is 0.134 e. The summed E-state index contributed by atoms with van der Waals surface area (Å²) in [5.41, 5.74) is 2.92. The van der Waals surface area contributed by atoms with Gasteiger partial charge in [-0.25, -0.2) is 0 Å². The fourth-order valence-corrected chi connectivity index (χ4v) is 2.98. The Kier molecular flexibility index (Phi) is 2.16. The van der Waals surface area contributed by atoms with Crippen LogP contribution in [0.25, 0.3) is 0 Å². The second-order valence-corrected chi connectivity index (χ2v) is 5.22. The van der Waals surface area contributed by atoms with E-state index in [1.54, 1.807) is 0 Å². The molecule has 2 heteroatoms. The zero-order chi connectivity index (χ0) is 7.02. The van der Waals surface area contributed by atoms with Crippen LogP contribution in [0.4, 0.5) is 0 Å². The highest BCUT2D eigenvalue weighted by Crippen LogP contribution is 2.27. The van der Waals surface area contributed by atoms with E-state index in [1.807, 2.05) is 11.3 Å². The predicted molar refractivity (Wildman–Crippen MR) is 51.2 cm³/mol. The van der Waals surface area contributed by atoms with Crippen LogP contribution in [0.5, 0.6) is 0 Å². The van der Waals surface area contributed by atoms with Gasteiger partial charge in [-0.05, 0) is 54.5 Å². The van der Waals surface area contributed by atoms with Crippen molar-refractivity contribution < 1.29 is 0 Å². The van der Waals surface area contributed by atoms with Gasteiger partial charge >= 0.3 is 0 Å². The van der Waals surface area contributed by atoms with Crippen LogP contribution < -0.4 is 0 Å². The first-order valence-corrected chi connectivity index (χ1v) is 4.74. The molecule has 1 heterocycles. The van der Waals surface area contributed by atoms with E-state index >= 15 is 0 Å². The molecule has 0 atom stereocenters. The smallest absolute Gasteiger partial charge is 0.0688 e. The predicted octanol–water partition coefficient (Wildman–Crippen LogP) is 3.28. The lowest BCUT2D eigenvalue weighted by Gasteiger charge is -1.88. The number of rotatable bonds is 0. The molecule has 0 fully saturated rings. The van der Waals surface area contributed by atoms with E-state index in [4.69, 9.17) is 0 Å². The summed E-state index contributed by atoms with van der Waals surface area (Å²) in [6, 6.07) is 0. The average Bonchev–Trinajstić information content (AvgIpc) is 1.98. The summed E-state index contributed by atoms with van der Waals surface area (Å²) in [5.74, 6) is 0. The number of aryl methyl sites for hydroxylation is 1. The maximum atomic E-state index is 2.39. The molecule has 0 aliphatic heterocycles. The quantitative estimate of drug-likeness (QED) is 0.621. The third-order valence-electron chi connectivity index (χ3n) is 1.63. The molecule has 0 aromatic carbocycles. The summed E-state index contributed by atoms with van der Waals surface area (Å²) in [6.07, 6.45) is 0. The number of hydrogen-bond acceptors (Lipinski definition) is 1. The molecule has 0 N–H and O–H groups in total. The van der Waals surface area contributed by atoms with Crippen molar-refractivity contribution in [3.8, 4) is 0 Å². The van der Waals surface area contributed by atoms with Gasteiger partial charge in [0.15, 0.2) is 0 Å². The summed E-state index contributed by atoms with van der Waals surface area (Å²) >= 11 is 4.27. The molecule has 0 nitrogen and oxygen atoms in total. The van der Waals surface area contributed by atoms with Gasteiger partial charge in [-0.3, -0.25) is 0 Å². The fraction of sp³-hybridized carbons (Fsp3) is 0.429. The Morgan fingerprint density at radius 2 is 1.67 bits per heavy atom. The second-order valence-electron chi connectivity index (χ2n) is 2.18. The summed E-state index contributed by atoms with van der Waals surface area (Å²) in [6.45, 7) is 6.54. The summed E-state index contributed by atoms with van der Waals surface area (Å²) in [5, 5.41) is 0. The van der Waals surface area contributed by atoms with Crippen molar-refractivity contribution in [3.63, 3.8) is 0 Å². The lowest BCUT2D eigenvalue weighted by molar-refractivity contribution is 1.34. The van der Waals surface area contributed by atoms with Gasteiger partial charge in [-0.15, -0.1) is 11.3 Å². The lowest BCUT2D eigenvalue weighted by atomic mass is 10.2. The molecular formula is C7H9IS. The molecule has 0 bridgehead atoms. The van der Waals surface area contributed by atoms with Crippen molar-refractivity contribution in [3.05, 3.63) is 18.9 Å². The van der Waals surface area contributed by atoms with Gasteiger partial charge in [0, 0.05) is 4.88 Å². The average molecular weight is 252 g/mol. The maximum Gasteiger partial charge on any atom is 0.0688 e. The van der Waals surface area contributed by atoms with E-state index in [2.05, 4.69) is 43.4 Å². The summed E-state index contributed by atoms with van der Waals surface area (Å²) < 4.78 is 1.43. The fourth-order valence-electron chi connectivity index (χ4n) is 0.699. The molecule has 0 saturated heterocycles. The van der Waals surface area contributed by atoms with Crippen molar-refractivity contribution in [1.29, 1.82) is 0 Å². The van der Waals surface area contributed by atoms with Crippen molar-refractivity contribution in [2.45, 2.75) is 20.8 Å². The molecule has 0 aliphatic carbocycles. The van der Waals surface area contributed by atoms with Crippen LogP contribution in [0, 0.1) is 23.7 Å². The van der Waals surface area contributed by atoms with E-state index in [9.17, 15) is 0 Å². The summed E-state index contributed by atoms with van der Waals surface area (Å²) in [7, 11) is 0. The molecule has 0 saturated carbocycles. The van der Waals surface area contributed by atoms with Crippen LogP contribution in [0.2, 0.25) is 0 Å². The van der Waals surface area contributed by atoms with Gasteiger partial charge in [0.1, 0.15) is 0 Å². The minimum Gasteiger partial charge on any atom is -0.134 e. The zero-order valence-electron chi connectivity index (χ0n) is 5.79. The van der Waals surface area contributed by atoms with Gasteiger partial charge in [0.25, 0.3) is 0 Å². The van der Waals surface area contributed by atoms with E-state index in [0.29, 0.717) is 0 Å². The monoisotopic (exact) mass is 252 g/mol. The van der Waals surface area contributed by atoms with Gasteiger partial charge in [0.05, 0.1) is 2.88 Å². The highest BCUT2D eigenvalue weighted by atomic mass is 127. The third-order valence-corrected chi connectivity index (χ3v) is 4.20. The minimum atomic E-state index is 1.43. The molecule has 0 spiro atoms. The highest BCUT2D eigenvalue weighted by molar-refractivity contribution is 14.1. The first kappa shape index (κ1) is 7.54. The molecule has 0 aliphatic rings. The van der Waals surface area contributed by atoms with Crippen LogP contribution in [0.15, 0.2) is 0 Å². The van der Waals surface area contributed by atoms with E-state index < -0.39 is 0 Å². The first-order valence-electron chi connectivity index (χ1n) is 2.85. The second kappa shape index (κ2) is 2.58. The number of thiophene rings is 1. The SMILES string of the molecule is Cc1sc(I)c(C)c1C. The molecule has 50 valence electrons. The molecule has 1 aromatic heterocycles.